The Labute approximate surface area is 161 Å². The van der Waals surface area contributed by atoms with Crippen molar-refractivity contribution in [2.45, 2.75) is 58.2 Å². The number of nitrogens with zero attached hydrogens (tertiary/aromatic N) is 2. The van der Waals surface area contributed by atoms with Crippen molar-refractivity contribution in [2.24, 2.45) is 5.92 Å². The van der Waals surface area contributed by atoms with E-state index < -0.39 is 29.9 Å². The number of hydrogen-bond acceptors (Lipinski definition) is 6. The molecule has 1 fully saturated rings. The van der Waals surface area contributed by atoms with Crippen LogP contribution in [0.15, 0.2) is 6.20 Å². The van der Waals surface area contributed by atoms with E-state index in [0.717, 1.165) is 11.3 Å². The van der Waals surface area contributed by atoms with Crippen molar-refractivity contribution >= 4 is 34.2 Å². The summed E-state index contributed by atoms with van der Waals surface area (Å²) in [5.74, 6) is -3.42. The highest BCUT2D eigenvalue weighted by molar-refractivity contribution is 7.15. The highest BCUT2D eigenvalue weighted by atomic mass is 32.1. The number of anilines is 1. The molecule has 1 saturated heterocycles. The molecule has 2 unspecified atom stereocenters. The molecule has 27 heavy (non-hydrogen) atoms. The van der Waals surface area contributed by atoms with E-state index in [9.17, 15) is 18.8 Å². The van der Waals surface area contributed by atoms with Gasteiger partial charge in [0.15, 0.2) is 11.3 Å². The van der Waals surface area contributed by atoms with Crippen molar-refractivity contribution < 1.29 is 24.0 Å². The lowest BCUT2D eigenvalue weighted by molar-refractivity contribution is -0.148. The molecule has 3 N–H and O–H groups in total. The second-order valence-corrected chi connectivity index (χ2v) is 7.82. The molecule has 150 valence electrons. The van der Waals surface area contributed by atoms with Crippen LogP contribution < -0.4 is 10.8 Å². The Morgan fingerprint density at radius 3 is 2.81 bits per heavy atom. The maximum Gasteiger partial charge on any atom is 0.278 e. The number of rotatable bonds is 8. The van der Waals surface area contributed by atoms with Gasteiger partial charge in [0, 0.05) is 17.6 Å². The molecule has 0 aliphatic carbocycles. The van der Waals surface area contributed by atoms with Crippen LogP contribution in [-0.2, 0) is 14.4 Å². The van der Waals surface area contributed by atoms with E-state index in [1.54, 1.807) is 6.20 Å². The summed E-state index contributed by atoms with van der Waals surface area (Å²) in [7, 11) is 0. The molecule has 3 amide bonds. The molecular formula is C17H25FN4O4S. The number of thiazole rings is 1. The third-order valence-corrected chi connectivity index (χ3v) is 5.42. The lowest BCUT2D eigenvalue weighted by Crippen LogP contribution is -2.49. The average molecular weight is 400 g/mol. The molecule has 8 nitrogen and oxygen atoms in total. The van der Waals surface area contributed by atoms with Crippen molar-refractivity contribution in [1.29, 1.82) is 0 Å². The van der Waals surface area contributed by atoms with Gasteiger partial charge in [-0.15, -0.1) is 11.3 Å². The molecule has 0 radical (unpaired) electrons. The number of likely N-dealkylation sites (tertiary alicyclic amines) is 1. The molecule has 1 aliphatic rings. The van der Waals surface area contributed by atoms with E-state index >= 15 is 0 Å². The number of aryl methyl sites for hydroxylation is 1. The van der Waals surface area contributed by atoms with Crippen LogP contribution in [0.2, 0.25) is 0 Å². The predicted octanol–water partition coefficient (Wildman–Crippen LogP) is 2.03. The van der Waals surface area contributed by atoms with E-state index in [0.29, 0.717) is 30.9 Å². The van der Waals surface area contributed by atoms with Gasteiger partial charge < -0.3 is 10.2 Å². The summed E-state index contributed by atoms with van der Waals surface area (Å²) < 4.78 is 14.4. The first-order valence-electron chi connectivity index (χ1n) is 9.00. The first-order valence-corrected chi connectivity index (χ1v) is 9.82. The molecular weight excluding hydrogens is 375 g/mol. The number of carbonyl (C=O) groups excluding carboxylic acids is 3. The van der Waals surface area contributed by atoms with E-state index in [1.165, 1.54) is 21.7 Å². The first kappa shape index (κ1) is 21.2. The molecule has 0 bridgehead atoms. The SMILES string of the molecule is CCCCC(C(=O)N1CCC[C@H]1C(=O)Nc1ncc(C)s1)C(F)C(=O)NO. The Morgan fingerprint density at radius 2 is 2.22 bits per heavy atom. The maximum absolute atomic E-state index is 14.4. The summed E-state index contributed by atoms with van der Waals surface area (Å²) in [6.07, 6.45) is 2.00. The van der Waals surface area contributed by atoms with Crippen molar-refractivity contribution in [1.82, 2.24) is 15.4 Å². The highest BCUT2D eigenvalue weighted by Crippen LogP contribution is 2.27. The minimum Gasteiger partial charge on any atom is -0.330 e. The van der Waals surface area contributed by atoms with Gasteiger partial charge in [-0.2, -0.15) is 0 Å². The van der Waals surface area contributed by atoms with Crippen molar-refractivity contribution in [2.75, 3.05) is 11.9 Å². The Morgan fingerprint density at radius 1 is 1.48 bits per heavy atom. The summed E-state index contributed by atoms with van der Waals surface area (Å²) in [5.41, 5.74) is 1.27. The van der Waals surface area contributed by atoms with Crippen LogP contribution in [0.4, 0.5) is 9.52 Å². The van der Waals surface area contributed by atoms with Gasteiger partial charge in [0.05, 0.1) is 5.92 Å². The van der Waals surface area contributed by atoms with Gasteiger partial charge in [0.2, 0.25) is 11.8 Å². The first-order chi connectivity index (χ1) is 12.9. The van der Waals surface area contributed by atoms with Crippen LogP contribution in [0.3, 0.4) is 0 Å². The molecule has 2 heterocycles. The van der Waals surface area contributed by atoms with Crippen molar-refractivity contribution in [3.8, 4) is 0 Å². The number of alkyl halides is 1. The van der Waals surface area contributed by atoms with E-state index in [1.807, 2.05) is 13.8 Å². The monoisotopic (exact) mass is 400 g/mol. The number of aromatic nitrogens is 1. The zero-order valence-corrected chi connectivity index (χ0v) is 16.2. The second kappa shape index (κ2) is 9.75. The van der Waals surface area contributed by atoms with Gasteiger partial charge in [-0.05, 0) is 26.2 Å². The second-order valence-electron chi connectivity index (χ2n) is 6.58. The largest absolute Gasteiger partial charge is 0.330 e. The number of hydrogen-bond donors (Lipinski definition) is 3. The minimum atomic E-state index is -2.17. The van der Waals surface area contributed by atoms with Crippen LogP contribution in [0.25, 0.3) is 0 Å². The van der Waals surface area contributed by atoms with E-state index in [-0.39, 0.29) is 12.3 Å². The number of carbonyl (C=O) groups is 3. The zero-order chi connectivity index (χ0) is 20.0. The van der Waals surface area contributed by atoms with Gasteiger partial charge in [-0.3, -0.25) is 19.6 Å². The number of halogens is 1. The molecule has 3 atom stereocenters. The molecule has 1 aromatic rings. The zero-order valence-electron chi connectivity index (χ0n) is 15.4. The van der Waals surface area contributed by atoms with Crippen LogP contribution >= 0.6 is 11.3 Å². The van der Waals surface area contributed by atoms with Crippen molar-refractivity contribution in [3.63, 3.8) is 0 Å². The van der Waals surface area contributed by atoms with Gasteiger partial charge in [-0.25, -0.2) is 14.9 Å². The number of amides is 3. The molecule has 2 rings (SSSR count). The Balaban J connectivity index is 2.12. The molecule has 0 spiro atoms. The fourth-order valence-corrected chi connectivity index (χ4v) is 3.85. The van der Waals surface area contributed by atoms with Gasteiger partial charge in [0.1, 0.15) is 6.04 Å². The third kappa shape index (κ3) is 5.23. The topological polar surface area (TPSA) is 112 Å². The van der Waals surface area contributed by atoms with Crippen LogP contribution in [0.1, 0.15) is 43.9 Å². The Kier molecular flexibility index (Phi) is 7.66. The molecule has 1 aromatic heterocycles. The molecule has 10 heteroatoms. The fraction of sp³-hybridized carbons (Fsp3) is 0.647. The fourth-order valence-electron chi connectivity index (χ4n) is 3.18. The summed E-state index contributed by atoms with van der Waals surface area (Å²) in [4.78, 5) is 43.4. The third-order valence-electron chi connectivity index (χ3n) is 4.59. The summed E-state index contributed by atoms with van der Waals surface area (Å²) in [6, 6.07) is -0.727. The van der Waals surface area contributed by atoms with E-state index in [2.05, 4.69) is 10.3 Å². The summed E-state index contributed by atoms with van der Waals surface area (Å²) >= 11 is 1.33. The minimum absolute atomic E-state index is 0.167. The van der Waals surface area contributed by atoms with Gasteiger partial charge in [-0.1, -0.05) is 19.8 Å². The van der Waals surface area contributed by atoms with E-state index in [4.69, 9.17) is 5.21 Å². The smallest absolute Gasteiger partial charge is 0.278 e. The van der Waals surface area contributed by atoms with Gasteiger partial charge in [0.25, 0.3) is 5.91 Å². The highest BCUT2D eigenvalue weighted by Gasteiger charge is 2.41. The standard InChI is InChI=1S/C17H25FN4O4S/c1-3-4-6-11(13(18)15(24)21-26)16(25)22-8-5-7-12(22)14(23)20-17-19-9-10(2)27-17/h9,11-13,26H,3-8H2,1-2H3,(H,21,24)(H,19,20,23)/t11?,12-,13?/m0/s1. The maximum atomic E-state index is 14.4. The van der Waals surface area contributed by atoms with Crippen molar-refractivity contribution in [3.05, 3.63) is 11.1 Å². The van der Waals surface area contributed by atoms with Crippen LogP contribution in [0, 0.1) is 12.8 Å². The van der Waals surface area contributed by atoms with Crippen LogP contribution in [-0.4, -0.2) is 51.6 Å². The number of nitrogens with one attached hydrogen (secondary N) is 2. The quantitative estimate of drug-likeness (QED) is 0.457. The summed E-state index contributed by atoms with van der Waals surface area (Å²) in [6.45, 7) is 4.08. The number of hydroxylamine groups is 1. The predicted molar refractivity (Wildman–Crippen MR) is 98.1 cm³/mol. The number of unbranched alkanes of at least 4 members (excludes halogenated alkanes) is 1. The molecule has 0 saturated carbocycles. The molecule has 0 aromatic carbocycles. The normalized spacial score (nSPS) is 18.8. The summed E-state index contributed by atoms with van der Waals surface area (Å²) in [5, 5.41) is 11.8. The Hall–Kier alpha value is -2.07. The van der Waals surface area contributed by atoms with Crippen LogP contribution in [0.5, 0.6) is 0 Å². The lowest BCUT2D eigenvalue weighted by Gasteiger charge is -2.29. The Bertz CT molecular complexity index is 684. The van der Waals surface area contributed by atoms with Gasteiger partial charge >= 0.3 is 0 Å². The molecule has 1 aliphatic heterocycles. The lowest BCUT2D eigenvalue weighted by atomic mass is 9.94. The average Bonchev–Trinajstić information content (AvgIpc) is 3.29.